The van der Waals surface area contributed by atoms with Gasteiger partial charge < -0.3 is 0 Å². The van der Waals surface area contributed by atoms with Crippen LogP contribution in [0.15, 0.2) is 40.3 Å². The van der Waals surface area contributed by atoms with Gasteiger partial charge in [-0.05, 0) is 33.4 Å². The molecule has 3 aromatic rings. The zero-order valence-corrected chi connectivity index (χ0v) is 12.2. The van der Waals surface area contributed by atoms with Crippen molar-refractivity contribution in [2.75, 3.05) is 5.32 Å². The van der Waals surface area contributed by atoms with Crippen molar-refractivity contribution in [2.24, 2.45) is 0 Å². The van der Waals surface area contributed by atoms with Crippen molar-refractivity contribution in [3.63, 3.8) is 0 Å². The van der Waals surface area contributed by atoms with Crippen LogP contribution < -0.4 is 5.32 Å². The second-order valence-electron chi connectivity index (χ2n) is 3.57. The van der Waals surface area contributed by atoms with Gasteiger partial charge in [0, 0.05) is 4.70 Å². The summed E-state index contributed by atoms with van der Waals surface area (Å²) in [6, 6.07) is 9.85. The molecule has 0 fully saturated rings. The third-order valence-corrected chi connectivity index (χ3v) is 4.85. The average molecular weight is 339 g/mol. The Morgan fingerprint density at radius 1 is 1.28 bits per heavy atom. The Morgan fingerprint density at radius 2 is 2.11 bits per heavy atom. The maximum absolute atomic E-state index is 12.0. The maximum atomic E-state index is 12.0. The predicted molar refractivity (Wildman–Crippen MR) is 79.6 cm³/mol. The van der Waals surface area contributed by atoms with Crippen LogP contribution in [0, 0.1) is 0 Å². The number of aromatic nitrogens is 1. The number of hydrogen-bond donors (Lipinski definition) is 1. The summed E-state index contributed by atoms with van der Waals surface area (Å²) in [6.07, 6.45) is 1.67. The number of amides is 1. The van der Waals surface area contributed by atoms with Crippen molar-refractivity contribution >= 4 is 59.7 Å². The molecular weight excluding hydrogens is 332 g/mol. The van der Waals surface area contributed by atoms with Gasteiger partial charge in [-0.1, -0.05) is 29.5 Å². The highest BCUT2D eigenvalue weighted by molar-refractivity contribution is 9.11. The third-order valence-electron chi connectivity index (χ3n) is 2.35. The van der Waals surface area contributed by atoms with Crippen LogP contribution in [0.3, 0.4) is 0 Å². The first-order valence-electron chi connectivity index (χ1n) is 5.13. The molecule has 0 aliphatic heterocycles. The summed E-state index contributed by atoms with van der Waals surface area (Å²) < 4.78 is 2.01. The van der Waals surface area contributed by atoms with Crippen LogP contribution in [-0.2, 0) is 0 Å². The molecule has 0 saturated carbocycles. The van der Waals surface area contributed by atoms with E-state index in [0.29, 0.717) is 10.0 Å². The Morgan fingerprint density at radius 3 is 2.83 bits per heavy atom. The van der Waals surface area contributed by atoms with Gasteiger partial charge in [-0.3, -0.25) is 10.1 Å². The number of carbonyl (C=O) groups is 1. The second kappa shape index (κ2) is 4.79. The van der Waals surface area contributed by atoms with Crippen molar-refractivity contribution in [2.45, 2.75) is 0 Å². The smallest absolute Gasteiger partial charge is 0.267 e. The Bertz CT molecular complexity index is 687. The first-order chi connectivity index (χ1) is 8.72. The molecule has 1 aromatic carbocycles. The zero-order chi connectivity index (χ0) is 12.5. The topological polar surface area (TPSA) is 42.0 Å². The highest BCUT2D eigenvalue weighted by Gasteiger charge is 2.11. The summed E-state index contributed by atoms with van der Waals surface area (Å²) >= 11 is 6.19. The SMILES string of the molecule is O=C(Nc1ncc(Br)s1)c1cc2ccccc2s1. The fraction of sp³-hybridized carbons (Fsp3) is 0. The number of halogens is 1. The van der Waals surface area contributed by atoms with E-state index in [0.717, 1.165) is 13.9 Å². The Kier molecular flexibility index (Phi) is 3.15. The summed E-state index contributed by atoms with van der Waals surface area (Å²) in [5.74, 6) is -0.113. The Balaban J connectivity index is 1.87. The summed E-state index contributed by atoms with van der Waals surface area (Å²) in [7, 11) is 0. The Hall–Kier alpha value is -1.24. The van der Waals surface area contributed by atoms with Gasteiger partial charge in [-0.15, -0.1) is 11.3 Å². The molecule has 90 valence electrons. The fourth-order valence-corrected chi connectivity index (χ4v) is 3.62. The van der Waals surface area contributed by atoms with Gasteiger partial charge >= 0.3 is 0 Å². The summed E-state index contributed by atoms with van der Waals surface area (Å²) in [4.78, 5) is 16.8. The number of carbonyl (C=O) groups excluding carboxylic acids is 1. The summed E-state index contributed by atoms with van der Waals surface area (Å²) in [5, 5.41) is 4.48. The van der Waals surface area contributed by atoms with Crippen LogP contribution >= 0.6 is 38.6 Å². The number of thiophene rings is 1. The minimum absolute atomic E-state index is 0.113. The first-order valence-corrected chi connectivity index (χ1v) is 7.56. The number of nitrogens with zero attached hydrogens (tertiary/aromatic N) is 1. The molecule has 0 atom stereocenters. The van der Waals surface area contributed by atoms with Crippen LogP contribution in [0.5, 0.6) is 0 Å². The van der Waals surface area contributed by atoms with Gasteiger partial charge in [0.25, 0.3) is 5.91 Å². The van der Waals surface area contributed by atoms with Crippen LogP contribution in [0.2, 0.25) is 0 Å². The molecular formula is C12H7BrN2OS2. The van der Waals surface area contributed by atoms with Crippen molar-refractivity contribution in [3.05, 3.63) is 45.2 Å². The fourth-order valence-electron chi connectivity index (χ4n) is 1.56. The quantitative estimate of drug-likeness (QED) is 0.753. The molecule has 1 amide bonds. The zero-order valence-electron chi connectivity index (χ0n) is 9.01. The lowest BCUT2D eigenvalue weighted by Gasteiger charge is -1.96. The molecule has 0 spiro atoms. The van der Waals surface area contributed by atoms with E-state index in [4.69, 9.17) is 0 Å². The molecule has 18 heavy (non-hydrogen) atoms. The van der Waals surface area contributed by atoms with E-state index in [2.05, 4.69) is 26.2 Å². The van der Waals surface area contributed by atoms with E-state index in [1.54, 1.807) is 6.20 Å². The number of thiazole rings is 1. The largest absolute Gasteiger partial charge is 0.297 e. The molecule has 3 nitrogen and oxygen atoms in total. The van der Waals surface area contributed by atoms with E-state index in [1.165, 1.54) is 22.7 Å². The molecule has 0 bridgehead atoms. The van der Waals surface area contributed by atoms with E-state index in [-0.39, 0.29) is 5.91 Å². The molecule has 0 aliphatic carbocycles. The lowest BCUT2D eigenvalue weighted by Crippen LogP contribution is -2.09. The van der Waals surface area contributed by atoms with Gasteiger partial charge in [0.1, 0.15) is 0 Å². The molecule has 2 aromatic heterocycles. The summed E-state index contributed by atoms with van der Waals surface area (Å²) in [6.45, 7) is 0. The van der Waals surface area contributed by atoms with E-state index in [1.807, 2.05) is 30.3 Å². The van der Waals surface area contributed by atoms with Crippen molar-refractivity contribution in [1.82, 2.24) is 4.98 Å². The first kappa shape index (κ1) is 11.8. The lowest BCUT2D eigenvalue weighted by atomic mass is 10.2. The number of anilines is 1. The summed E-state index contributed by atoms with van der Waals surface area (Å²) in [5.41, 5.74) is 0. The van der Waals surface area contributed by atoms with Gasteiger partial charge in [0.05, 0.1) is 14.9 Å². The van der Waals surface area contributed by atoms with Crippen LogP contribution in [-0.4, -0.2) is 10.9 Å². The van der Waals surface area contributed by atoms with Crippen molar-refractivity contribution in [1.29, 1.82) is 0 Å². The average Bonchev–Trinajstić information content (AvgIpc) is 2.95. The minimum Gasteiger partial charge on any atom is -0.297 e. The van der Waals surface area contributed by atoms with Gasteiger partial charge in [-0.25, -0.2) is 4.98 Å². The highest BCUT2D eigenvalue weighted by atomic mass is 79.9. The standard InChI is InChI=1S/C12H7BrN2OS2/c13-10-6-14-12(18-10)15-11(16)9-5-7-3-1-2-4-8(7)17-9/h1-6H,(H,14,15,16). The molecule has 6 heteroatoms. The molecule has 0 radical (unpaired) electrons. The minimum atomic E-state index is -0.113. The number of hydrogen-bond acceptors (Lipinski definition) is 4. The molecule has 0 aliphatic rings. The number of fused-ring (bicyclic) bond motifs is 1. The number of benzene rings is 1. The maximum Gasteiger partial charge on any atom is 0.267 e. The normalized spacial score (nSPS) is 10.7. The van der Waals surface area contributed by atoms with Gasteiger partial charge in [0.15, 0.2) is 5.13 Å². The molecule has 0 saturated heterocycles. The monoisotopic (exact) mass is 338 g/mol. The third kappa shape index (κ3) is 2.31. The number of rotatable bonds is 2. The van der Waals surface area contributed by atoms with Crippen molar-refractivity contribution in [3.8, 4) is 0 Å². The van der Waals surface area contributed by atoms with Crippen LogP contribution in [0.25, 0.3) is 10.1 Å². The van der Waals surface area contributed by atoms with Crippen LogP contribution in [0.4, 0.5) is 5.13 Å². The molecule has 3 rings (SSSR count). The van der Waals surface area contributed by atoms with Crippen LogP contribution in [0.1, 0.15) is 9.67 Å². The van der Waals surface area contributed by atoms with E-state index >= 15 is 0 Å². The Labute approximate surface area is 120 Å². The molecule has 2 heterocycles. The van der Waals surface area contributed by atoms with Gasteiger partial charge in [-0.2, -0.15) is 0 Å². The molecule has 1 N–H and O–H groups in total. The number of nitrogens with one attached hydrogen (secondary N) is 1. The highest BCUT2D eigenvalue weighted by Crippen LogP contribution is 2.27. The lowest BCUT2D eigenvalue weighted by molar-refractivity contribution is 0.103. The second-order valence-corrected chi connectivity index (χ2v) is 7.07. The molecule has 0 unspecified atom stereocenters. The van der Waals surface area contributed by atoms with Gasteiger partial charge in [0.2, 0.25) is 0 Å². The predicted octanol–water partition coefficient (Wildman–Crippen LogP) is 4.37. The van der Waals surface area contributed by atoms with Crippen molar-refractivity contribution < 1.29 is 4.79 Å². The van der Waals surface area contributed by atoms with E-state index < -0.39 is 0 Å². The van der Waals surface area contributed by atoms with E-state index in [9.17, 15) is 4.79 Å².